The predicted octanol–water partition coefficient (Wildman–Crippen LogP) is 5.59. The number of aryl methyl sites for hydroxylation is 2. The molecule has 1 heterocycles. The second-order valence-corrected chi connectivity index (χ2v) is 6.52. The number of halogens is 4. The Bertz CT molecular complexity index is 1030. The van der Waals surface area contributed by atoms with Crippen LogP contribution in [0, 0.1) is 6.92 Å². The van der Waals surface area contributed by atoms with Crippen LogP contribution in [0.2, 0.25) is 5.02 Å². The number of hydrogen-bond acceptors (Lipinski definition) is 3. The van der Waals surface area contributed by atoms with E-state index in [2.05, 4.69) is 20.5 Å². The fourth-order valence-electron chi connectivity index (χ4n) is 2.74. The molecule has 2 N–H and O–H groups in total. The molecule has 3 rings (SSSR count). The number of ether oxygens (including phenoxy) is 1. The fraction of sp³-hybridized carbons (Fsp3) is 0.158. The van der Waals surface area contributed by atoms with Gasteiger partial charge in [0, 0.05) is 18.3 Å². The summed E-state index contributed by atoms with van der Waals surface area (Å²) in [6.07, 6.45) is -3.36. The van der Waals surface area contributed by atoms with E-state index < -0.39 is 18.1 Å². The highest BCUT2D eigenvalue weighted by Gasteiger charge is 2.32. The molecule has 0 atom stereocenters. The Hall–Kier alpha value is -3.20. The largest absolute Gasteiger partial charge is 0.573 e. The van der Waals surface area contributed by atoms with E-state index in [-0.39, 0.29) is 5.69 Å². The third-order valence-corrected chi connectivity index (χ3v) is 4.28. The molecule has 0 radical (unpaired) electrons. The first-order valence-corrected chi connectivity index (χ1v) is 8.73. The molecule has 2 aromatic carbocycles. The summed E-state index contributed by atoms with van der Waals surface area (Å²) in [5.41, 5.74) is 2.65. The summed E-state index contributed by atoms with van der Waals surface area (Å²) in [5, 5.41) is 9.50. The maximum atomic E-state index is 12.5. The highest BCUT2D eigenvalue weighted by molar-refractivity contribution is 6.33. The Morgan fingerprint density at radius 1 is 1.17 bits per heavy atom. The quantitative estimate of drug-likeness (QED) is 0.573. The van der Waals surface area contributed by atoms with E-state index in [0.717, 1.165) is 17.2 Å². The van der Waals surface area contributed by atoms with E-state index >= 15 is 0 Å². The van der Waals surface area contributed by atoms with Crippen molar-refractivity contribution in [1.29, 1.82) is 0 Å². The minimum Gasteiger partial charge on any atom is -0.404 e. The zero-order valence-electron chi connectivity index (χ0n) is 15.3. The van der Waals surface area contributed by atoms with Gasteiger partial charge in [-0.1, -0.05) is 29.8 Å². The molecule has 152 valence electrons. The zero-order chi connectivity index (χ0) is 21.2. The van der Waals surface area contributed by atoms with Crippen molar-refractivity contribution in [2.45, 2.75) is 13.3 Å². The molecule has 10 heteroatoms. The van der Waals surface area contributed by atoms with Gasteiger partial charge in [0.25, 0.3) is 0 Å². The third kappa shape index (κ3) is 5.00. The topological polar surface area (TPSA) is 68.2 Å². The van der Waals surface area contributed by atoms with Crippen LogP contribution in [0.1, 0.15) is 5.56 Å². The summed E-state index contributed by atoms with van der Waals surface area (Å²) in [7, 11) is 1.74. The van der Waals surface area contributed by atoms with Gasteiger partial charge in [-0.3, -0.25) is 4.68 Å². The Morgan fingerprint density at radius 2 is 1.90 bits per heavy atom. The Balaban J connectivity index is 1.80. The molecule has 0 saturated carbocycles. The number of amides is 2. The molecular formula is C19H16ClF3N4O2. The number of carbonyl (C=O) groups is 1. The molecule has 0 fully saturated rings. The monoisotopic (exact) mass is 424 g/mol. The summed E-state index contributed by atoms with van der Waals surface area (Å²) in [6.45, 7) is 1.88. The molecule has 0 bridgehead atoms. The predicted molar refractivity (Wildman–Crippen MR) is 104 cm³/mol. The number of anilines is 2. The molecule has 0 aliphatic carbocycles. The molecule has 6 nitrogen and oxygen atoms in total. The Morgan fingerprint density at radius 3 is 2.55 bits per heavy atom. The first-order valence-electron chi connectivity index (χ1n) is 8.35. The number of aromatic nitrogens is 2. The second kappa shape index (κ2) is 8.04. The number of carbonyl (C=O) groups excluding carboxylic acids is 1. The van der Waals surface area contributed by atoms with Crippen LogP contribution in [0.15, 0.2) is 48.7 Å². The van der Waals surface area contributed by atoms with Crippen molar-refractivity contribution in [2.24, 2.45) is 7.05 Å². The van der Waals surface area contributed by atoms with Crippen molar-refractivity contribution >= 4 is 29.0 Å². The van der Waals surface area contributed by atoms with E-state index in [1.807, 2.05) is 6.92 Å². The van der Waals surface area contributed by atoms with Crippen molar-refractivity contribution in [2.75, 3.05) is 10.6 Å². The maximum absolute atomic E-state index is 12.5. The van der Waals surface area contributed by atoms with E-state index in [0.29, 0.717) is 16.4 Å². The number of benzene rings is 2. The maximum Gasteiger partial charge on any atom is 0.573 e. The Labute approximate surface area is 169 Å². The van der Waals surface area contributed by atoms with Crippen LogP contribution in [0.3, 0.4) is 0 Å². The number of nitrogens with zero attached hydrogens (tertiary/aromatic N) is 2. The van der Waals surface area contributed by atoms with Crippen molar-refractivity contribution in [3.63, 3.8) is 0 Å². The molecular weight excluding hydrogens is 409 g/mol. The van der Waals surface area contributed by atoms with Gasteiger partial charge in [0.2, 0.25) is 0 Å². The van der Waals surface area contributed by atoms with Crippen LogP contribution in [-0.4, -0.2) is 22.2 Å². The number of hydrogen-bond donors (Lipinski definition) is 2. The van der Waals surface area contributed by atoms with Crippen LogP contribution in [-0.2, 0) is 7.05 Å². The van der Waals surface area contributed by atoms with Crippen molar-refractivity contribution < 1.29 is 22.7 Å². The standard InChI is InChI=1S/C19H16ClF3N4O2/c1-11-7-8-12(9-13(11)17-14(20)10-24-27(17)2)25-18(28)26-15-5-3-4-6-16(15)29-19(21,22)23/h3-10H,1-2H3,(H2,25,26,28). The number of rotatable bonds is 4. The van der Waals surface area contributed by atoms with E-state index in [9.17, 15) is 18.0 Å². The normalized spacial score (nSPS) is 11.2. The summed E-state index contributed by atoms with van der Waals surface area (Å²) >= 11 is 6.20. The lowest BCUT2D eigenvalue weighted by Crippen LogP contribution is -2.22. The van der Waals surface area contributed by atoms with Gasteiger partial charge in [-0.05, 0) is 36.8 Å². The highest BCUT2D eigenvalue weighted by Crippen LogP contribution is 2.32. The zero-order valence-corrected chi connectivity index (χ0v) is 16.1. The average Bonchev–Trinajstić information content (AvgIpc) is 2.96. The fourth-order valence-corrected chi connectivity index (χ4v) is 3.00. The number of urea groups is 1. The summed E-state index contributed by atoms with van der Waals surface area (Å²) in [5.74, 6) is -0.513. The molecule has 29 heavy (non-hydrogen) atoms. The van der Waals surface area contributed by atoms with Crippen LogP contribution >= 0.6 is 11.6 Å². The molecule has 0 saturated heterocycles. The molecule has 0 unspecified atom stereocenters. The summed E-state index contributed by atoms with van der Waals surface area (Å²) in [4.78, 5) is 12.3. The van der Waals surface area contributed by atoms with Gasteiger partial charge in [-0.15, -0.1) is 13.2 Å². The first kappa shape index (κ1) is 20.5. The van der Waals surface area contributed by atoms with Crippen LogP contribution < -0.4 is 15.4 Å². The number of alkyl halides is 3. The molecule has 0 spiro atoms. The van der Waals surface area contributed by atoms with Crippen molar-refractivity contribution in [3.8, 4) is 17.0 Å². The van der Waals surface area contributed by atoms with Crippen molar-refractivity contribution in [1.82, 2.24) is 9.78 Å². The number of para-hydroxylation sites is 2. The second-order valence-electron chi connectivity index (χ2n) is 6.12. The molecule has 1 aromatic heterocycles. The Kier molecular flexibility index (Phi) is 5.69. The van der Waals surface area contributed by atoms with Crippen LogP contribution in [0.25, 0.3) is 11.3 Å². The van der Waals surface area contributed by atoms with E-state index in [1.165, 1.54) is 24.4 Å². The molecule has 0 aliphatic rings. The number of nitrogens with one attached hydrogen (secondary N) is 2. The lowest BCUT2D eigenvalue weighted by molar-refractivity contribution is -0.274. The first-order chi connectivity index (χ1) is 13.6. The minimum absolute atomic E-state index is 0.121. The molecule has 2 amide bonds. The highest BCUT2D eigenvalue weighted by atomic mass is 35.5. The lowest BCUT2D eigenvalue weighted by Gasteiger charge is -2.15. The smallest absolute Gasteiger partial charge is 0.404 e. The summed E-state index contributed by atoms with van der Waals surface area (Å²) < 4.78 is 43.1. The third-order valence-electron chi connectivity index (χ3n) is 4.01. The van der Waals surface area contributed by atoms with Gasteiger partial charge in [-0.2, -0.15) is 5.10 Å². The van der Waals surface area contributed by atoms with E-state index in [1.54, 1.807) is 29.9 Å². The van der Waals surface area contributed by atoms with Gasteiger partial charge in [-0.25, -0.2) is 4.79 Å². The molecule has 0 aliphatic heterocycles. The van der Waals surface area contributed by atoms with Gasteiger partial charge < -0.3 is 15.4 Å². The lowest BCUT2D eigenvalue weighted by atomic mass is 10.0. The van der Waals surface area contributed by atoms with Crippen LogP contribution in [0.4, 0.5) is 29.3 Å². The van der Waals surface area contributed by atoms with Gasteiger partial charge in [0.05, 0.1) is 22.6 Å². The van der Waals surface area contributed by atoms with Crippen LogP contribution in [0.5, 0.6) is 5.75 Å². The van der Waals surface area contributed by atoms with E-state index in [4.69, 9.17) is 11.6 Å². The molecule has 3 aromatic rings. The average molecular weight is 425 g/mol. The van der Waals surface area contributed by atoms with Gasteiger partial charge in [0.1, 0.15) is 0 Å². The summed E-state index contributed by atoms with van der Waals surface area (Å²) in [6, 6.07) is 9.69. The van der Waals surface area contributed by atoms with Crippen molar-refractivity contribution in [3.05, 3.63) is 59.2 Å². The minimum atomic E-state index is -4.87. The van der Waals surface area contributed by atoms with Gasteiger partial charge >= 0.3 is 12.4 Å². The SMILES string of the molecule is Cc1ccc(NC(=O)Nc2ccccc2OC(F)(F)F)cc1-c1c(Cl)cnn1C. The van der Waals surface area contributed by atoms with Gasteiger partial charge in [0.15, 0.2) is 5.75 Å².